The van der Waals surface area contributed by atoms with Crippen molar-refractivity contribution in [3.63, 3.8) is 0 Å². The third kappa shape index (κ3) is 1.52. The standard InChI is InChI=1S/C11H9NO2/c13-9-5-3-8(4-6-9)11(14)10-2-1-7-12-10/h1-7,12-13H. The van der Waals surface area contributed by atoms with Gasteiger partial charge in [-0.3, -0.25) is 4.79 Å². The van der Waals surface area contributed by atoms with Gasteiger partial charge in [0.25, 0.3) is 0 Å². The fraction of sp³-hybridized carbons (Fsp3) is 0. The Balaban J connectivity index is 2.33. The lowest BCUT2D eigenvalue weighted by atomic mass is 10.1. The number of phenols is 1. The van der Waals surface area contributed by atoms with Gasteiger partial charge >= 0.3 is 0 Å². The van der Waals surface area contributed by atoms with Crippen molar-refractivity contribution in [1.82, 2.24) is 4.98 Å². The smallest absolute Gasteiger partial charge is 0.209 e. The largest absolute Gasteiger partial charge is 0.508 e. The van der Waals surface area contributed by atoms with Crippen LogP contribution in [0.5, 0.6) is 5.75 Å². The summed E-state index contributed by atoms with van der Waals surface area (Å²) in [6, 6.07) is 9.67. The van der Waals surface area contributed by atoms with Crippen LogP contribution in [0.25, 0.3) is 0 Å². The fourth-order valence-corrected chi connectivity index (χ4v) is 1.24. The number of phenolic OH excluding ortho intramolecular Hbond substituents is 1. The van der Waals surface area contributed by atoms with Gasteiger partial charge in [0, 0.05) is 11.8 Å². The molecule has 0 aliphatic rings. The molecule has 0 aliphatic carbocycles. The van der Waals surface area contributed by atoms with Crippen molar-refractivity contribution in [2.45, 2.75) is 0 Å². The van der Waals surface area contributed by atoms with Crippen LogP contribution in [0.15, 0.2) is 42.6 Å². The Hall–Kier alpha value is -2.03. The number of benzene rings is 1. The number of H-pyrrole nitrogens is 1. The predicted molar refractivity (Wildman–Crippen MR) is 52.3 cm³/mol. The van der Waals surface area contributed by atoms with Crippen LogP contribution >= 0.6 is 0 Å². The van der Waals surface area contributed by atoms with Gasteiger partial charge in [0.2, 0.25) is 5.78 Å². The van der Waals surface area contributed by atoms with E-state index in [-0.39, 0.29) is 11.5 Å². The molecule has 14 heavy (non-hydrogen) atoms. The minimum absolute atomic E-state index is 0.0741. The lowest BCUT2D eigenvalue weighted by Crippen LogP contribution is -2.00. The first kappa shape index (κ1) is 8.56. The molecule has 3 heteroatoms. The molecule has 0 atom stereocenters. The van der Waals surface area contributed by atoms with Crippen LogP contribution in [-0.4, -0.2) is 15.9 Å². The van der Waals surface area contributed by atoms with Crippen molar-refractivity contribution < 1.29 is 9.90 Å². The van der Waals surface area contributed by atoms with Gasteiger partial charge in [-0.05, 0) is 36.4 Å². The van der Waals surface area contributed by atoms with E-state index in [1.54, 1.807) is 30.5 Å². The van der Waals surface area contributed by atoms with Gasteiger partial charge in [-0.2, -0.15) is 0 Å². The number of nitrogens with one attached hydrogen (secondary N) is 1. The molecule has 70 valence electrons. The molecule has 0 fully saturated rings. The van der Waals surface area contributed by atoms with Crippen molar-refractivity contribution >= 4 is 5.78 Å². The number of carbonyl (C=O) groups excluding carboxylic acids is 1. The molecular formula is C11H9NO2. The number of ketones is 1. The van der Waals surface area contributed by atoms with E-state index in [2.05, 4.69) is 4.98 Å². The SMILES string of the molecule is O=C(c1ccc(O)cc1)c1ccc[nH]1. The van der Waals surface area contributed by atoms with Crippen molar-refractivity contribution in [1.29, 1.82) is 0 Å². The number of aromatic amines is 1. The highest BCUT2D eigenvalue weighted by Gasteiger charge is 2.08. The Bertz CT molecular complexity index is 429. The normalized spacial score (nSPS) is 10.0. The van der Waals surface area contributed by atoms with Crippen LogP contribution in [0.2, 0.25) is 0 Å². The highest BCUT2D eigenvalue weighted by molar-refractivity contribution is 6.07. The summed E-state index contributed by atoms with van der Waals surface area (Å²) in [4.78, 5) is 14.5. The summed E-state index contributed by atoms with van der Waals surface area (Å²) in [7, 11) is 0. The lowest BCUT2D eigenvalue weighted by Gasteiger charge is -1.98. The van der Waals surface area contributed by atoms with Crippen molar-refractivity contribution in [3.8, 4) is 5.75 Å². The summed E-state index contributed by atoms with van der Waals surface area (Å²) < 4.78 is 0. The molecule has 1 heterocycles. The molecule has 0 amide bonds. The monoisotopic (exact) mass is 187 g/mol. The summed E-state index contributed by atoms with van der Waals surface area (Å²) in [5.74, 6) is 0.0861. The summed E-state index contributed by atoms with van der Waals surface area (Å²) in [5, 5.41) is 9.05. The highest BCUT2D eigenvalue weighted by Crippen LogP contribution is 2.12. The Morgan fingerprint density at radius 1 is 1.14 bits per heavy atom. The Morgan fingerprint density at radius 3 is 2.43 bits per heavy atom. The molecular weight excluding hydrogens is 178 g/mol. The van der Waals surface area contributed by atoms with Crippen molar-refractivity contribution in [2.75, 3.05) is 0 Å². The summed E-state index contributed by atoms with van der Waals surface area (Å²) in [6.45, 7) is 0. The first-order valence-corrected chi connectivity index (χ1v) is 4.24. The molecule has 0 saturated carbocycles. The van der Waals surface area contributed by atoms with Crippen LogP contribution in [0, 0.1) is 0 Å². The maximum atomic E-state index is 11.7. The van der Waals surface area contributed by atoms with Crippen LogP contribution in [0.1, 0.15) is 16.1 Å². The number of hydrogen-bond donors (Lipinski definition) is 2. The molecule has 0 aliphatic heterocycles. The van der Waals surface area contributed by atoms with E-state index in [9.17, 15) is 4.79 Å². The second kappa shape index (κ2) is 3.38. The topological polar surface area (TPSA) is 53.1 Å². The lowest BCUT2D eigenvalue weighted by molar-refractivity contribution is 0.103. The van der Waals surface area contributed by atoms with E-state index >= 15 is 0 Å². The Morgan fingerprint density at radius 2 is 1.86 bits per heavy atom. The summed E-state index contributed by atoms with van der Waals surface area (Å²) in [6.07, 6.45) is 1.70. The van der Waals surface area contributed by atoms with E-state index in [4.69, 9.17) is 5.11 Å². The van der Waals surface area contributed by atoms with E-state index in [1.165, 1.54) is 12.1 Å². The van der Waals surface area contributed by atoms with Crippen LogP contribution in [0.4, 0.5) is 0 Å². The highest BCUT2D eigenvalue weighted by atomic mass is 16.3. The average molecular weight is 187 g/mol. The maximum absolute atomic E-state index is 11.7. The summed E-state index contributed by atoms with van der Waals surface area (Å²) >= 11 is 0. The second-order valence-electron chi connectivity index (χ2n) is 2.96. The first-order chi connectivity index (χ1) is 6.77. The Kier molecular flexibility index (Phi) is 2.07. The molecule has 0 radical (unpaired) electrons. The fourth-order valence-electron chi connectivity index (χ4n) is 1.24. The second-order valence-corrected chi connectivity index (χ2v) is 2.96. The quantitative estimate of drug-likeness (QED) is 0.706. The van der Waals surface area contributed by atoms with Gasteiger partial charge < -0.3 is 10.1 Å². The van der Waals surface area contributed by atoms with Gasteiger partial charge in [-0.1, -0.05) is 0 Å². The zero-order valence-corrected chi connectivity index (χ0v) is 7.40. The molecule has 0 unspecified atom stereocenters. The van der Waals surface area contributed by atoms with Crippen molar-refractivity contribution in [2.24, 2.45) is 0 Å². The van der Waals surface area contributed by atoms with E-state index in [0.29, 0.717) is 11.3 Å². The minimum atomic E-state index is -0.0741. The first-order valence-electron chi connectivity index (χ1n) is 4.24. The number of carbonyl (C=O) groups is 1. The zero-order chi connectivity index (χ0) is 9.97. The van der Waals surface area contributed by atoms with Gasteiger partial charge in [0.15, 0.2) is 0 Å². The van der Waals surface area contributed by atoms with Crippen LogP contribution < -0.4 is 0 Å². The summed E-state index contributed by atoms with van der Waals surface area (Å²) in [5.41, 5.74) is 1.11. The number of aromatic hydroxyl groups is 1. The van der Waals surface area contributed by atoms with E-state index in [1.807, 2.05) is 0 Å². The zero-order valence-electron chi connectivity index (χ0n) is 7.40. The number of aromatic nitrogens is 1. The van der Waals surface area contributed by atoms with Gasteiger partial charge in [0.1, 0.15) is 5.75 Å². The van der Waals surface area contributed by atoms with Gasteiger partial charge in [-0.25, -0.2) is 0 Å². The molecule has 0 spiro atoms. The third-order valence-electron chi connectivity index (χ3n) is 1.97. The predicted octanol–water partition coefficient (Wildman–Crippen LogP) is 1.95. The van der Waals surface area contributed by atoms with Gasteiger partial charge in [0.05, 0.1) is 5.69 Å². The van der Waals surface area contributed by atoms with E-state index < -0.39 is 0 Å². The Labute approximate surface area is 81.0 Å². The number of hydrogen-bond acceptors (Lipinski definition) is 2. The maximum Gasteiger partial charge on any atom is 0.209 e. The molecule has 2 rings (SSSR count). The molecule has 1 aromatic carbocycles. The molecule has 3 nitrogen and oxygen atoms in total. The van der Waals surface area contributed by atoms with Crippen LogP contribution in [0.3, 0.4) is 0 Å². The van der Waals surface area contributed by atoms with E-state index in [0.717, 1.165) is 0 Å². The molecule has 0 bridgehead atoms. The number of rotatable bonds is 2. The minimum Gasteiger partial charge on any atom is -0.508 e. The average Bonchev–Trinajstić information content (AvgIpc) is 2.71. The molecule has 0 saturated heterocycles. The van der Waals surface area contributed by atoms with Crippen molar-refractivity contribution in [3.05, 3.63) is 53.9 Å². The van der Waals surface area contributed by atoms with Crippen LogP contribution in [-0.2, 0) is 0 Å². The van der Waals surface area contributed by atoms with Gasteiger partial charge in [-0.15, -0.1) is 0 Å². The molecule has 2 N–H and O–H groups in total. The molecule has 2 aromatic rings. The molecule has 1 aromatic heterocycles. The third-order valence-corrected chi connectivity index (χ3v) is 1.97.